The standard InChI is InChI=1S/C11H17N3O2S/c1-11(16)3-2-4-14(6-11)8-5-7(12)9(17-8)10(13)15/h5,16H,2-4,6,12H2,1H3,(H2,13,15). The number of β-amino-alcohol motifs (C(OH)–C–C–N with tert-alkyl or cyclic N) is 1. The van der Waals surface area contributed by atoms with Gasteiger partial charge >= 0.3 is 0 Å². The molecule has 0 aromatic carbocycles. The molecule has 1 saturated heterocycles. The predicted molar refractivity (Wildman–Crippen MR) is 69.3 cm³/mol. The number of hydrogen-bond acceptors (Lipinski definition) is 5. The number of anilines is 2. The molecule has 94 valence electrons. The zero-order valence-electron chi connectivity index (χ0n) is 9.77. The average molecular weight is 255 g/mol. The molecule has 1 aromatic rings. The number of rotatable bonds is 2. The third-order valence-electron chi connectivity index (χ3n) is 2.96. The highest BCUT2D eigenvalue weighted by atomic mass is 32.1. The van der Waals surface area contributed by atoms with E-state index in [2.05, 4.69) is 4.90 Å². The zero-order valence-corrected chi connectivity index (χ0v) is 10.6. The Hall–Kier alpha value is -1.27. The number of hydrogen-bond donors (Lipinski definition) is 3. The van der Waals surface area contributed by atoms with Crippen LogP contribution < -0.4 is 16.4 Å². The van der Waals surface area contributed by atoms with Gasteiger partial charge in [0.05, 0.1) is 16.3 Å². The van der Waals surface area contributed by atoms with Gasteiger partial charge in [0.25, 0.3) is 5.91 Å². The van der Waals surface area contributed by atoms with Gasteiger partial charge in [-0.2, -0.15) is 0 Å². The molecule has 0 bridgehead atoms. The van der Waals surface area contributed by atoms with E-state index in [4.69, 9.17) is 11.5 Å². The van der Waals surface area contributed by atoms with Crippen LogP contribution in [0, 0.1) is 0 Å². The first-order valence-electron chi connectivity index (χ1n) is 5.55. The minimum atomic E-state index is -0.677. The molecule has 1 aliphatic rings. The van der Waals surface area contributed by atoms with Crippen LogP contribution >= 0.6 is 11.3 Å². The number of piperidine rings is 1. The van der Waals surface area contributed by atoms with Crippen molar-refractivity contribution >= 4 is 27.9 Å². The van der Waals surface area contributed by atoms with Crippen molar-refractivity contribution < 1.29 is 9.90 Å². The lowest BCUT2D eigenvalue weighted by Crippen LogP contribution is -2.45. The van der Waals surface area contributed by atoms with Crippen molar-refractivity contribution in [3.8, 4) is 0 Å². The van der Waals surface area contributed by atoms with E-state index in [0.29, 0.717) is 17.1 Å². The first kappa shape index (κ1) is 12.2. The van der Waals surface area contributed by atoms with Gasteiger partial charge in [0.1, 0.15) is 4.88 Å². The number of thiophene rings is 1. The maximum atomic E-state index is 11.1. The highest BCUT2D eigenvalue weighted by Gasteiger charge is 2.29. The molecule has 5 nitrogen and oxygen atoms in total. The molecule has 1 amide bonds. The number of amides is 1. The summed E-state index contributed by atoms with van der Waals surface area (Å²) in [6.45, 7) is 3.25. The van der Waals surface area contributed by atoms with Crippen molar-refractivity contribution in [2.45, 2.75) is 25.4 Å². The Bertz CT molecular complexity index is 442. The molecular formula is C11H17N3O2S. The van der Waals surface area contributed by atoms with Crippen molar-refractivity contribution in [2.75, 3.05) is 23.7 Å². The third-order valence-corrected chi connectivity index (χ3v) is 4.18. The van der Waals surface area contributed by atoms with E-state index in [-0.39, 0.29) is 0 Å². The van der Waals surface area contributed by atoms with Crippen molar-refractivity contribution in [3.05, 3.63) is 10.9 Å². The van der Waals surface area contributed by atoms with Gasteiger partial charge < -0.3 is 21.5 Å². The van der Waals surface area contributed by atoms with Crippen LogP contribution in [0.15, 0.2) is 6.07 Å². The first-order valence-corrected chi connectivity index (χ1v) is 6.37. The van der Waals surface area contributed by atoms with E-state index in [9.17, 15) is 9.90 Å². The van der Waals surface area contributed by atoms with E-state index >= 15 is 0 Å². The minimum absolute atomic E-state index is 0.394. The van der Waals surface area contributed by atoms with Gasteiger partial charge in [0.2, 0.25) is 0 Å². The summed E-state index contributed by atoms with van der Waals surface area (Å²) >= 11 is 1.29. The van der Waals surface area contributed by atoms with Crippen molar-refractivity contribution in [2.24, 2.45) is 5.73 Å². The van der Waals surface area contributed by atoms with Gasteiger partial charge in [-0.1, -0.05) is 0 Å². The Morgan fingerprint density at radius 1 is 1.65 bits per heavy atom. The van der Waals surface area contributed by atoms with Crippen LogP contribution in [0.5, 0.6) is 0 Å². The maximum absolute atomic E-state index is 11.1. The molecule has 2 heterocycles. The number of nitrogens with two attached hydrogens (primary N) is 2. The molecule has 1 fully saturated rings. The Labute approximate surface area is 104 Å². The molecule has 1 atom stereocenters. The molecular weight excluding hydrogens is 238 g/mol. The van der Waals surface area contributed by atoms with Crippen LogP contribution in [-0.2, 0) is 0 Å². The van der Waals surface area contributed by atoms with Gasteiger partial charge in [-0.25, -0.2) is 0 Å². The smallest absolute Gasteiger partial charge is 0.260 e. The zero-order chi connectivity index (χ0) is 12.6. The van der Waals surface area contributed by atoms with Gasteiger partial charge in [0.15, 0.2) is 0 Å². The van der Waals surface area contributed by atoms with Crippen LogP contribution in [0.3, 0.4) is 0 Å². The van der Waals surface area contributed by atoms with Crippen LogP contribution in [0.25, 0.3) is 0 Å². The summed E-state index contributed by atoms with van der Waals surface area (Å²) < 4.78 is 0. The van der Waals surface area contributed by atoms with E-state index in [1.807, 2.05) is 6.92 Å². The lowest BCUT2D eigenvalue weighted by atomic mass is 9.95. The number of nitrogen functional groups attached to an aromatic ring is 1. The van der Waals surface area contributed by atoms with Crippen LogP contribution in [0.1, 0.15) is 29.4 Å². The average Bonchev–Trinajstić information content (AvgIpc) is 2.59. The lowest BCUT2D eigenvalue weighted by molar-refractivity contribution is 0.0451. The largest absolute Gasteiger partial charge is 0.397 e. The SMILES string of the molecule is CC1(O)CCCN(c2cc(N)c(C(N)=O)s2)C1. The van der Waals surface area contributed by atoms with Crippen molar-refractivity contribution in [3.63, 3.8) is 0 Å². The fourth-order valence-corrected chi connectivity index (χ4v) is 3.11. The molecule has 17 heavy (non-hydrogen) atoms. The maximum Gasteiger partial charge on any atom is 0.260 e. The summed E-state index contributed by atoms with van der Waals surface area (Å²) in [5.41, 5.74) is 10.7. The van der Waals surface area contributed by atoms with E-state index in [1.54, 1.807) is 6.07 Å². The first-order chi connectivity index (χ1) is 7.89. The van der Waals surface area contributed by atoms with Crippen LogP contribution in [0.4, 0.5) is 10.7 Å². The van der Waals surface area contributed by atoms with Crippen molar-refractivity contribution in [1.29, 1.82) is 0 Å². The molecule has 0 saturated carbocycles. The Morgan fingerprint density at radius 3 is 2.88 bits per heavy atom. The summed E-state index contributed by atoms with van der Waals surface area (Å²) in [7, 11) is 0. The van der Waals surface area contributed by atoms with Crippen LogP contribution in [-0.4, -0.2) is 29.7 Å². The molecule has 0 radical (unpaired) electrons. The van der Waals surface area contributed by atoms with E-state index in [1.165, 1.54) is 11.3 Å². The highest BCUT2D eigenvalue weighted by molar-refractivity contribution is 7.18. The molecule has 0 aliphatic carbocycles. The van der Waals surface area contributed by atoms with Gasteiger partial charge in [-0.05, 0) is 25.8 Å². The number of carbonyl (C=O) groups excluding carboxylic acids is 1. The summed E-state index contributed by atoms with van der Waals surface area (Å²) in [4.78, 5) is 13.6. The summed E-state index contributed by atoms with van der Waals surface area (Å²) in [6, 6.07) is 1.76. The quantitative estimate of drug-likeness (QED) is 0.728. The van der Waals surface area contributed by atoms with Crippen molar-refractivity contribution in [1.82, 2.24) is 0 Å². The molecule has 2 rings (SSSR count). The van der Waals surface area contributed by atoms with Gasteiger partial charge in [-0.3, -0.25) is 4.79 Å². The molecule has 1 aliphatic heterocycles. The Morgan fingerprint density at radius 2 is 2.35 bits per heavy atom. The summed E-state index contributed by atoms with van der Waals surface area (Å²) in [5, 5.41) is 10.9. The fraction of sp³-hybridized carbons (Fsp3) is 0.545. The minimum Gasteiger partial charge on any atom is -0.397 e. The molecule has 6 heteroatoms. The second-order valence-corrected chi connectivity index (χ2v) is 5.79. The fourth-order valence-electron chi connectivity index (χ4n) is 2.15. The topological polar surface area (TPSA) is 92.6 Å². The third kappa shape index (κ3) is 2.53. The second-order valence-electron chi connectivity index (χ2n) is 4.76. The monoisotopic (exact) mass is 255 g/mol. The van der Waals surface area contributed by atoms with Gasteiger partial charge in [0, 0.05) is 13.1 Å². The normalized spacial score (nSPS) is 24.9. The number of carbonyl (C=O) groups is 1. The second kappa shape index (κ2) is 4.19. The van der Waals surface area contributed by atoms with Gasteiger partial charge in [-0.15, -0.1) is 11.3 Å². The van der Waals surface area contributed by atoms with E-state index in [0.717, 1.165) is 24.4 Å². The van der Waals surface area contributed by atoms with Crippen LogP contribution in [0.2, 0.25) is 0 Å². The number of nitrogens with zero attached hydrogens (tertiary/aromatic N) is 1. The number of aliphatic hydroxyl groups is 1. The Kier molecular flexibility index (Phi) is 3.01. The Balaban J connectivity index is 2.22. The lowest BCUT2D eigenvalue weighted by Gasteiger charge is -2.37. The highest BCUT2D eigenvalue weighted by Crippen LogP contribution is 2.34. The molecule has 1 aromatic heterocycles. The predicted octanol–water partition coefficient (Wildman–Crippen LogP) is 0.780. The van der Waals surface area contributed by atoms with E-state index < -0.39 is 11.5 Å². The molecule has 5 N–H and O–H groups in total. The molecule has 1 unspecified atom stereocenters. The number of primary amides is 1. The molecule has 0 spiro atoms. The summed E-state index contributed by atoms with van der Waals surface area (Å²) in [5.74, 6) is -0.498. The summed E-state index contributed by atoms with van der Waals surface area (Å²) in [6.07, 6.45) is 1.73.